The molecular formula is C13H16N4O2. The Balaban J connectivity index is 2.31. The number of nitrogens with zero attached hydrogens (tertiary/aromatic N) is 3. The zero-order valence-corrected chi connectivity index (χ0v) is 11.4. The predicted octanol–water partition coefficient (Wildman–Crippen LogP) is 2.25. The van der Waals surface area contributed by atoms with Crippen molar-refractivity contribution >= 4 is 11.6 Å². The summed E-state index contributed by atoms with van der Waals surface area (Å²) in [5.41, 5.74) is 3.23. The fraction of sp³-hybridized carbons (Fsp3) is 0.308. The Labute approximate surface area is 111 Å². The van der Waals surface area contributed by atoms with Crippen LogP contribution in [0, 0.1) is 13.8 Å². The number of benzene rings is 1. The van der Waals surface area contributed by atoms with Gasteiger partial charge in [-0.15, -0.1) is 4.98 Å². The summed E-state index contributed by atoms with van der Waals surface area (Å²) in [6.45, 7) is 4.07. The van der Waals surface area contributed by atoms with Crippen LogP contribution in [0.2, 0.25) is 0 Å². The lowest BCUT2D eigenvalue weighted by atomic mass is 10.1. The number of rotatable bonds is 4. The summed E-state index contributed by atoms with van der Waals surface area (Å²) in [6.07, 6.45) is 0. The molecule has 6 nitrogen and oxygen atoms in total. The van der Waals surface area contributed by atoms with Gasteiger partial charge in [0.25, 0.3) is 0 Å². The minimum absolute atomic E-state index is 0.207. The van der Waals surface area contributed by atoms with Crippen LogP contribution in [0.3, 0.4) is 0 Å². The molecule has 0 fully saturated rings. The maximum absolute atomic E-state index is 5.00. The number of methoxy groups -OCH3 is 2. The van der Waals surface area contributed by atoms with E-state index in [1.54, 1.807) is 0 Å². The van der Waals surface area contributed by atoms with Gasteiger partial charge in [0.2, 0.25) is 5.95 Å². The molecule has 0 amide bonds. The average molecular weight is 260 g/mol. The molecule has 19 heavy (non-hydrogen) atoms. The molecule has 2 rings (SSSR count). The van der Waals surface area contributed by atoms with Crippen LogP contribution in [0.5, 0.6) is 12.0 Å². The molecule has 1 aromatic carbocycles. The van der Waals surface area contributed by atoms with Crippen LogP contribution >= 0.6 is 0 Å². The molecule has 0 aliphatic heterocycles. The second-order valence-corrected chi connectivity index (χ2v) is 4.13. The van der Waals surface area contributed by atoms with Gasteiger partial charge < -0.3 is 14.8 Å². The van der Waals surface area contributed by atoms with Gasteiger partial charge in [-0.1, -0.05) is 6.07 Å². The maximum atomic E-state index is 5.00. The quantitative estimate of drug-likeness (QED) is 0.909. The van der Waals surface area contributed by atoms with Crippen molar-refractivity contribution in [3.8, 4) is 12.0 Å². The molecule has 0 atom stereocenters. The van der Waals surface area contributed by atoms with E-state index in [9.17, 15) is 0 Å². The first-order chi connectivity index (χ1) is 9.10. The first-order valence-corrected chi connectivity index (χ1v) is 5.80. The van der Waals surface area contributed by atoms with Crippen LogP contribution in [0.25, 0.3) is 0 Å². The van der Waals surface area contributed by atoms with E-state index >= 15 is 0 Å². The van der Waals surface area contributed by atoms with E-state index in [1.165, 1.54) is 14.2 Å². The van der Waals surface area contributed by atoms with Gasteiger partial charge >= 0.3 is 12.0 Å². The normalized spacial score (nSPS) is 10.1. The Kier molecular flexibility index (Phi) is 3.79. The third-order valence-corrected chi connectivity index (χ3v) is 2.44. The first kappa shape index (κ1) is 13.1. The molecule has 0 aliphatic rings. The second kappa shape index (κ2) is 5.51. The SMILES string of the molecule is COc1nc(Nc2cc(C)cc(C)c2)nc(OC)n1. The molecule has 0 radical (unpaired) electrons. The number of nitrogens with one attached hydrogen (secondary N) is 1. The highest BCUT2D eigenvalue weighted by atomic mass is 16.5. The molecule has 2 aromatic rings. The molecule has 0 bridgehead atoms. The van der Waals surface area contributed by atoms with Crippen LogP contribution in [-0.2, 0) is 0 Å². The molecule has 100 valence electrons. The lowest BCUT2D eigenvalue weighted by molar-refractivity contribution is 0.341. The molecule has 1 heterocycles. The van der Waals surface area contributed by atoms with Crippen LogP contribution in [0.1, 0.15) is 11.1 Å². The lowest BCUT2D eigenvalue weighted by Crippen LogP contribution is -2.04. The van der Waals surface area contributed by atoms with Gasteiger partial charge in [0.1, 0.15) is 0 Å². The number of anilines is 2. The number of ether oxygens (including phenoxy) is 2. The van der Waals surface area contributed by atoms with Crippen molar-refractivity contribution in [2.45, 2.75) is 13.8 Å². The number of aryl methyl sites for hydroxylation is 2. The van der Waals surface area contributed by atoms with E-state index in [0.29, 0.717) is 5.95 Å². The molecule has 1 N–H and O–H groups in total. The van der Waals surface area contributed by atoms with Crippen molar-refractivity contribution in [2.24, 2.45) is 0 Å². The van der Waals surface area contributed by atoms with Gasteiger partial charge in [-0.05, 0) is 37.1 Å². The molecule has 0 spiro atoms. The molecule has 0 saturated heterocycles. The number of hydrogen-bond acceptors (Lipinski definition) is 6. The van der Waals surface area contributed by atoms with Crippen LogP contribution in [-0.4, -0.2) is 29.2 Å². The summed E-state index contributed by atoms with van der Waals surface area (Å²) in [4.78, 5) is 12.2. The van der Waals surface area contributed by atoms with Crippen molar-refractivity contribution in [2.75, 3.05) is 19.5 Å². The van der Waals surface area contributed by atoms with Crippen molar-refractivity contribution in [1.29, 1.82) is 0 Å². The van der Waals surface area contributed by atoms with Crippen molar-refractivity contribution in [1.82, 2.24) is 15.0 Å². The zero-order chi connectivity index (χ0) is 13.8. The van der Waals surface area contributed by atoms with Gasteiger partial charge in [-0.25, -0.2) is 0 Å². The molecule has 0 aliphatic carbocycles. The largest absolute Gasteiger partial charge is 0.467 e. The minimum Gasteiger partial charge on any atom is -0.467 e. The Morgan fingerprint density at radius 3 is 1.84 bits per heavy atom. The molecule has 1 aromatic heterocycles. The molecule has 0 unspecified atom stereocenters. The molecular weight excluding hydrogens is 244 g/mol. The highest BCUT2D eigenvalue weighted by molar-refractivity contribution is 5.56. The fourth-order valence-corrected chi connectivity index (χ4v) is 1.75. The second-order valence-electron chi connectivity index (χ2n) is 4.13. The van der Waals surface area contributed by atoms with E-state index in [2.05, 4.69) is 26.3 Å². The van der Waals surface area contributed by atoms with E-state index in [1.807, 2.05) is 26.0 Å². The summed E-state index contributed by atoms with van der Waals surface area (Å²) in [6, 6.07) is 6.53. The van der Waals surface area contributed by atoms with Crippen LogP contribution in [0.15, 0.2) is 18.2 Å². The number of aromatic nitrogens is 3. The maximum Gasteiger partial charge on any atom is 0.324 e. The van der Waals surface area contributed by atoms with Crippen molar-refractivity contribution in [3.05, 3.63) is 29.3 Å². The van der Waals surface area contributed by atoms with Crippen LogP contribution < -0.4 is 14.8 Å². The highest BCUT2D eigenvalue weighted by Gasteiger charge is 2.07. The van der Waals surface area contributed by atoms with Gasteiger partial charge in [-0.3, -0.25) is 0 Å². The third kappa shape index (κ3) is 3.31. The topological polar surface area (TPSA) is 69.2 Å². The molecule has 6 heteroatoms. The Morgan fingerprint density at radius 1 is 0.842 bits per heavy atom. The zero-order valence-electron chi connectivity index (χ0n) is 11.4. The number of hydrogen-bond donors (Lipinski definition) is 1. The Bertz CT molecular complexity index is 544. The van der Waals surface area contributed by atoms with Gasteiger partial charge in [0, 0.05) is 5.69 Å². The van der Waals surface area contributed by atoms with Gasteiger partial charge in [0.15, 0.2) is 0 Å². The van der Waals surface area contributed by atoms with E-state index in [-0.39, 0.29) is 12.0 Å². The smallest absolute Gasteiger partial charge is 0.324 e. The predicted molar refractivity (Wildman–Crippen MR) is 72.1 cm³/mol. The van der Waals surface area contributed by atoms with Crippen molar-refractivity contribution < 1.29 is 9.47 Å². The van der Waals surface area contributed by atoms with E-state index < -0.39 is 0 Å². The standard InChI is InChI=1S/C13H16N4O2/c1-8-5-9(2)7-10(6-8)14-11-15-12(18-3)17-13(16-11)19-4/h5-7H,1-4H3,(H,14,15,16,17). The molecule has 0 saturated carbocycles. The van der Waals surface area contributed by atoms with E-state index in [0.717, 1.165) is 16.8 Å². The highest BCUT2D eigenvalue weighted by Crippen LogP contribution is 2.19. The summed E-state index contributed by atoms with van der Waals surface area (Å²) in [5, 5.41) is 3.11. The Hall–Kier alpha value is -2.37. The minimum atomic E-state index is 0.207. The summed E-state index contributed by atoms with van der Waals surface area (Å²) < 4.78 is 10.0. The fourth-order valence-electron chi connectivity index (χ4n) is 1.75. The van der Waals surface area contributed by atoms with Gasteiger partial charge in [-0.2, -0.15) is 9.97 Å². The average Bonchev–Trinajstić information content (AvgIpc) is 2.37. The lowest BCUT2D eigenvalue weighted by Gasteiger charge is -2.08. The first-order valence-electron chi connectivity index (χ1n) is 5.80. The monoisotopic (exact) mass is 260 g/mol. The van der Waals surface area contributed by atoms with E-state index in [4.69, 9.17) is 9.47 Å². The van der Waals surface area contributed by atoms with Gasteiger partial charge in [0.05, 0.1) is 14.2 Å². The Morgan fingerprint density at radius 2 is 1.37 bits per heavy atom. The third-order valence-electron chi connectivity index (χ3n) is 2.44. The van der Waals surface area contributed by atoms with Crippen molar-refractivity contribution in [3.63, 3.8) is 0 Å². The summed E-state index contributed by atoms with van der Waals surface area (Å²) in [5.74, 6) is 0.383. The summed E-state index contributed by atoms with van der Waals surface area (Å²) >= 11 is 0. The summed E-state index contributed by atoms with van der Waals surface area (Å²) in [7, 11) is 2.99. The van der Waals surface area contributed by atoms with Crippen LogP contribution in [0.4, 0.5) is 11.6 Å².